The summed E-state index contributed by atoms with van der Waals surface area (Å²) in [6, 6.07) is 9.82. The average Bonchev–Trinajstić information content (AvgIpc) is 3.23. The van der Waals surface area contributed by atoms with Gasteiger partial charge in [0.15, 0.2) is 0 Å². The Balaban J connectivity index is 1.40. The Morgan fingerprint density at radius 2 is 1.97 bits per heavy atom. The number of aromatic nitrogens is 2. The van der Waals surface area contributed by atoms with Crippen LogP contribution >= 0.6 is 0 Å². The van der Waals surface area contributed by atoms with Crippen molar-refractivity contribution in [1.82, 2.24) is 20.2 Å². The predicted octanol–water partition coefficient (Wildman–Crippen LogP) is 3.74. The number of ether oxygens (including phenoxy) is 1. The van der Waals surface area contributed by atoms with Crippen molar-refractivity contribution in [2.24, 2.45) is 0 Å². The van der Waals surface area contributed by atoms with Gasteiger partial charge in [-0.15, -0.1) is 0 Å². The standard InChI is InChI=1S/C22H18F4N4O3/c23-15-7-8-30(12-15)20(31)11-28-21(32)18-4-1-13-9-16(3-5-17(13)29-18)33-19-6-2-14(10-27-19)22(24,25)26/h1-6,9-10,15H,7-8,11-12H2,(H,28,32). The summed E-state index contributed by atoms with van der Waals surface area (Å²) in [6.07, 6.45) is -4.53. The van der Waals surface area contributed by atoms with E-state index in [0.717, 1.165) is 12.1 Å². The summed E-state index contributed by atoms with van der Waals surface area (Å²) in [7, 11) is 0. The van der Waals surface area contributed by atoms with Crippen LogP contribution in [0.5, 0.6) is 11.6 Å². The fraction of sp³-hybridized carbons (Fsp3) is 0.273. The minimum absolute atomic E-state index is 0.00643. The Kier molecular flexibility index (Phi) is 6.12. The van der Waals surface area contributed by atoms with Crippen molar-refractivity contribution in [3.63, 3.8) is 0 Å². The molecule has 0 radical (unpaired) electrons. The van der Waals surface area contributed by atoms with Crippen LogP contribution in [0.2, 0.25) is 0 Å². The smallest absolute Gasteiger partial charge is 0.417 e. The van der Waals surface area contributed by atoms with Crippen LogP contribution in [-0.4, -0.2) is 52.5 Å². The molecule has 33 heavy (non-hydrogen) atoms. The third-order valence-electron chi connectivity index (χ3n) is 5.06. The molecule has 1 N–H and O–H groups in total. The fourth-order valence-electron chi connectivity index (χ4n) is 3.33. The van der Waals surface area contributed by atoms with E-state index >= 15 is 0 Å². The lowest BCUT2D eigenvalue weighted by Gasteiger charge is -2.15. The molecule has 1 aliphatic heterocycles. The van der Waals surface area contributed by atoms with Crippen LogP contribution in [0.15, 0.2) is 48.7 Å². The van der Waals surface area contributed by atoms with Gasteiger partial charge in [0.1, 0.15) is 17.6 Å². The van der Waals surface area contributed by atoms with Crippen molar-refractivity contribution in [3.05, 3.63) is 59.9 Å². The molecule has 1 atom stereocenters. The zero-order valence-electron chi connectivity index (χ0n) is 17.1. The van der Waals surface area contributed by atoms with E-state index in [0.29, 0.717) is 35.8 Å². The van der Waals surface area contributed by atoms with Gasteiger partial charge in [-0.2, -0.15) is 13.2 Å². The van der Waals surface area contributed by atoms with Crippen molar-refractivity contribution in [1.29, 1.82) is 0 Å². The molecule has 3 heterocycles. The number of hydrogen-bond acceptors (Lipinski definition) is 5. The van der Waals surface area contributed by atoms with Crippen molar-refractivity contribution >= 4 is 22.7 Å². The van der Waals surface area contributed by atoms with Gasteiger partial charge in [-0.25, -0.2) is 14.4 Å². The molecule has 1 saturated heterocycles. The first-order chi connectivity index (χ1) is 15.7. The minimum Gasteiger partial charge on any atom is -0.439 e. The van der Waals surface area contributed by atoms with Crippen LogP contribution in [0, 0.1) is 0 Å². The molecule has 0 aliphatic carbocycles. The third kappa shape index (κ3) is 5.36. The molecule has 1 aliphatic rings. The number of alkyl halides is 4. The molecule has 4 rings (SSSR count). The molecule has 1 fully saturated rings. The molecular weight excluding hydrogens is 444 g/mol. The molecule has 2 aromatic heterocycles. The highest BCUT2D eigenvalue weighted by Gasteiger charge is 2.30. The Morgan fingerprint density at radius 1 is 1.15 bits per heavy atom. The number of pyridine rings is 2. The van der Waals surface area contributed by atoms with Gasteiger partial charge < -0.3 is 15.0 Å². The highest BCUT2D eigenvalue weighted by molar-refractivity contribution is 5.97. The quantitative estimate of drug-likeness (QED) is 0.584. The zero-order chi connectivity index (χ0) is 23.6. The topological polar surface area (TPSA) is 84.4 Å². The first-order valence-electron chi connectivity index (χ1n) is 10.0. The van der Waals surface area contributed by atoms with Gasteiger partial charge in [0.25, 0.3) is 5.91 Å². The first kappa shape index (κ1) is 22.4. The number of halogens is 4. The number of fused-ring (bicyclic) bond motifs is 1. The monoisotopic (exact) mass is 462 g/mol. The zero-order valence-corrected chi connectivity index (χ0v) is 17.1. The molecule has 172 valence electrons. The molecular formula is C22H18F4N4O3. The molecule has 1 aromatic carbocycles. The van der Waals surface area contributed by atoms with E-state index in [1.54, 1.807) is 24.3 Å². The first-order valence-corrected chi connectivity index (χ1v) is 10.0. The van der Waals surface area contributed by atoms with E-state index in [9.17, 15) is 27.2 Å². The summed E-state index contributed by atoms with van der Waals surface area (Å²) in [6.45, 7) is 0.115. The van der Waals surface area contributed by atoms with Gasteiger partial charge in [-0.3, -0.25) is 9.59 Å². The third-order valence-corrected chi connectivity index (χ3v) is 5.06. The number of carbonyl (C=O) groups excluding carboxylic acids is 2. The highest BCUT2D eigenvalue weighted by atomic mass is 19.4. The lowest BCUT2D eigenvalue weighted by Crippen LogP contribution is -2.39. The summed E-state index contributed by atoms with van der Waals surface area (Å²) in [5.41, 5.74) is -0.309. The maximum absolute atomic E-state index is 13.2. The van der Waals surface area contributed by atoms with E-state index in [4.69, 9.17) is 4.74 Å². The second-order valence-corrected chi connectivity index (χ2v) is 7.44. The Labute approximate surface area is 185 Å². The molecule has 1 unspecified atom stereocenters. The maximum atomic E-state index is 13.2. The van der Waals surface area contributed by atoms with Gasteiger partial charge in [0.05, 0.1) is 24.2 Å². The number of amides is 2. The molecule has 0 bridgehead atoms. The number of hydrogen-bond donors (Lipinski definition) is 1. The second kappa shape index (κ2) is 9.00. The van der Waals surface area contributed by atoms with Gasteiger partial charge in [0.2, 0.25) is 11.8 Å². The number of likely N-dealkylation sites (tertiary alicyclic amines) is 1. The highest BCUT2D eigenvalue weighted by Crippen LogP contribution is 2.30. The number of nitrogens with one attached hydrogen (secondary N) is 1. The summed E-state index contributed by atoms with van der Waals surface area (Å²) in [5.74, 6) is -0.581. The van der Waals surface area contributed by atoms with Crippen LogP contribution in [0.1, 0.15) is 22.5 Å². The van der Waals surface area contributed by atoms with Gasteiger partial charge in [-0.1, -0.05) is 6.07 Å². The van der Waals surface area contributed by atoms with Crippen molar-refractivity contribution in [3.8, 4) is 11.6 Å². The molecule has 0 saturated carbocycles. The SMILES string of the molecule is O=C(NCC(=O)N1CCC(F)C1)c1ccc2cc(Oc3ccc(C(F)(F)F)cn3)ccc2n1. The fourth-order valence-corrected chi connectivity index (χ4v) is 3.33. The number of carbonyl (C=O) groups is 2. The van der Waals surface area contributed by atoms with Gasteiger partial charge >= 0.3 is 6.18 Å². The lowest BCUT2D eigenvalue weighted by atomic mass is 10.2. The van der Waals surface area contributed by atoms with Gasteiger partial charge in [0, 0.05) is 24.2 Å². The lowest BCUT2D eigenvalue weighted by molar-refractivity contribution is -0.137. The van der Waals surface area contributed by atoms with Crippen molar-refractivity contribution in [2.75, 3.05) is 19.6 Å². The summed E-state index contributed by atoms with van der Waals surface area (Å²) >= 11 is 0. The van der Waals surface area contributed by atoms with E-state index < -0.39 is 23.8 Å². The van der Waals surface area contributed by atoms with Crippen LogP contribution in [-0.2, 0) is 11.0 Å². The van der Waals surface area contributed by atoms with Crippen molar-refractivity contribution in [2.45, 2.75) is 18.8 Å². The average molecular weight is 462 g/mol. The normalized spacial score (nSPS) is 16.1. The van der Waals surface area contributed by atoms with E-state index in [-0.39, 0.29) is 30.6 Å². The summed E-state index contributed by atoms with van der Waals surface area (Å²) in [4.78, 5) is 33.7. The second-order valence-electron chi connectivity index (χ2n) is 7.44. The molecule has 7 nitrogen and oxygen atoms in total. The minimum atomic E-state index is -4.48. The van der Waals surface area contributed by atoms with E-state index in [1.807, 2.05) is 0 Å². The Hall–Kier alpha value is -3.76. The van der Waals surface area contributed by atoms with Gasteiger partial charge in [-0.05, 0) is 36.8 Å². The summed E-state index contributed by atoms with van der Waals surface area (Å²) in [5, 5.41) is 3.11. The van der Waals surface area contributed by atoms with E-state index in [1.165, 1.54) is 11.0 Å². The number of rotatable bonds is 5. The summed E-state index contributed by atoms with van der Waals surface area (Å²) < 4.78 is 56.6. The number of nitrogens with zero attached hydrogens (tertiary/aromatic N) is 3. The van der Waals surface area contributed by atoms with Crippen LogP contribution < -0.4 is 10.1 Å². The molecule has 2 amide bonds. The van der Waals surface area contributed by atoms with Crippen LogP contribution in [0.25, 0.3) is 10.9 Å². The molecule has 0 spiro atoms. The largest absolute Gasteiger partial charge is 0.439 e. The Morgan fingerprint density at radius 3 is 2.64 bits per heavy atom. The van der Waals surface area contributed by atoms with Crippen LogP contribution in [0.3, 0.4) is 0 Å². The van der Waals surface area contributed by atoms with Crippen molar-refractivity contribution < 1.29 is 31.9 Å². The maximum Gasteiger partial charge on any atom is 0.417 e. The van der Waals surface area contributed by atoms with Crippen LogP contribution in [0.4, 0.5) is 17.6 Å². The molecule has 11 heteroatoms. The van der Waals surface area contributed by atoms with E-state index in [2.05, 4.69) is 15.3 Å². The molecule has 3 aromatic rings. The Bertz CT molecular complexity index is 1180. The predicted molar refractivity (Wildman–Crippen MR) is 109 cm³/mol. The number of benzene rings is 1.